The van der Waals surface area contributed by atoms with Gasteiger partial charge in [0.05, 0.1) is 17.5 Å². The summed E-state index contributed by atoms with van der Waals surface area (Å²) in [5, 5.41) is 5.66. The van der Waals surface area contributed by atoms with Crippen molar-refractivity contribution < 1.29 is 9.53 Å². The third kappa shape index (κ3) is 3.25. The van der Waals surface area contributed by atoms with Crippen molar-refractivity contribution in [2.24, 2.45) is 5.92 Å². The number of piperidine rings is 1. The van der Waals surface area contributed by atoms with Crippen LogP contribution < -0.4 is 10.5 Å². The lowest BCUT2D eigenvalue weighted by molar-refractivity contribution is -0.127. The molecule has 2 aromatic carbocycles. The highest BCUT2D eigenvalue weighted by Crippen LogP contribution is 2.46. The maximum Gasteiger partial charge on any atom is 0.298 e. The predicted octanol–water partition coefficient (Wildman–Crippen LogP) is 3.66. The number of anilines is 1. The van der Waals surface area contributed by atoms with E-state index in [1.807, 2.05) is 59.3 Å². The summed E-state index contributed by atoms with van der Waals surface area (Å²) in [5.74, 6) is 4.26. The van der Waals surface area contributed by atoms with Crippen LogP contribution in [0.25, 0.3) is 22.3 Å². The predicted molar refractivity (Wildman–Crippen MR) is 128 cm³/mol. The number of likely N-dealkylation sites (tertiary alicyclic amines) is 1. The number of nitrogens with two attached hydrogens (primary N) is 1. The summed E-state index contributed by atoms with van der Waals surface area (Å²) in [6.45, 7) is 0.705. The van der Waals surface area contributed by atoms with Crippen molar-refractivity contribution in [2.45, 2.75) is 24.9 Å². The quantitative estimate of drug-likeness (QED) is 0.477. The Hall–Kier alpha value is -4.38. The number of rotatable bonds is 4. The Morgan fingerprint density at radius 2 is 1.76 bits per heavy atom. The summed E-state index contributed by atoms with van der Waals surface area (Å²) in [6, 6.07) is 17.3. The SMILES string of the molecule is C#CC(=O)N1CC2CC1C(n1nc(-c3ccc(Oc4ccccc4)cc3)c3c(N)ncnc31)C2. The van der Waals surface area contributed by atoms with E-state index in [2.05, 4.69) is 15.9 Å². The zero-order chi connectivity index (χ0) is 23.2. The van der Waals surface area contributed by atoms with E-state index >= 15 is 0 Å². The van der Waals surface area contributed by atoms with Gasteiger partial charge >= 0.3 is 0 Å². The van der Waals surface area contributed by atoms with Gasteiger partial charge in [-0.2, -0.15) is 5.10 Å². The normalized spacial score (nSPS) is 21.0. The molecule has 8 heteroatoms. The van der Waals surface area contributed by atoms with Gasteiger partial charge < -0.3 is 15.4 Å². The van der Waals surface area contributed by atoms with E-state index in [1.54, 1.807) is 4.90 Å². The molecule has 0 radical (unpaired) electrons. The molecule has 4 aromatic rings. The average Bonchev–Trinajstić information content (AvgIpc) is 3.58. The number of terminal acetylenes is 1. The number of carbonyl (C=O) groups excluding carboxylic acids is 1. The summed E-state index contributed by atoms with van der Waals surface area (Å²) in [7, 11) is 0. The molecule has 3 heterocycles. The minimum atomic E-state index is -0.267. The minimum absolute atomic E-state index is 0.00217. The van der Waals surface area contributed by atoms with E-state index in [1.165, 1.54) is 6.33 Å². The van der Waals surface area contributed by atoms with Gasteiger partial charge in [0.25, 0.3) is 5.91 Å². The number of hydrogen-bond acceptors (Lipinski definition) is 6. The van der Waals surface area contributed by atoms with Crippen LogP contribution in [0, 0.1) is 18.3 Å². The smallest absolute Gasteiger partial charge is 0.298 e. The van der Waals surface area contributed by atoms with Gasteiger partial charge in [0.1, 0.15) is 29.3 Å². The number of aromatic nitrogens is 4. The van der Waals surface area contributed by atoms with Crippen molar-refractivity contribution in [3.8, 4) is 35.1 Å². The molecule has 2 fully saturated rings. The zero-order valence-electron chi connectivity index (χ0n) is 18.3. The highest BCUT2D eigenvalue weighted by atomic mass is 16.5. The molecule has 1 saturated carbocycles. The van der Waals surface area contributed by atoms with Gasteiger partial charge in [-0.25, -0.2) is 14.6 Å². The van der Waals surface area contributed by atoms with Crippen molar-refractivity contribution in [2.75, 3.05) is 12.3 Å². The molecular formula is C26H22N6O2. The van der Waals surface area contributed by atoms with Crippen LogP contribution in [0.15, 0.2) is 60.9 Å². The largest absolute Gasteiger partial charge is 0.457 e. The van der Waals surface area contributed by atoms with Gasteiger partial charge in [-0.15, -0.1) is 6.42 Å². The summed E-state index contributed by atoms with van der Waals surface area (Å²) in [4.78, 5) is 22.8. The molecule has 1 aliphatic carbocycles. The number of carbonyl (C=O) groups is 1. The highest BCUT2D eigenvalue weighted by Gasteiger charge is 2.48. The average molecular weight is 451 g/mol. The monoisotopic (exact) mass is 450 g/mol. The van der Waals surface area contributed by atoms with Crippen molar-refractivity contribution >= 4 is 22.8 Å². The number of hydrogen-bond donors (Lipinski definition) is 1. The van der Waals surface area contributed by atoms with Gasteiger partial charge in [-0.1, -0.05) is 18.2 Å². The van der Waals surface area contributed by atoms with Crippen LogP contribution in [-0.4, -0.2) is 43.1 Å². The van der Waals surface area contributed by atoms with Gasteiger partial charge in [-0.3, -0.25) is 4.79 Å². The minimum Gasteiger partial charge on any atom is -0.457 e. The van der Waals surface area contributed by atoms with E-state index < -0.39 is 0 Å². The molecular weight excluding hydrogens is 428 g/mol. The first kappa shape index (κ1) is 20.2. The molecule has 34 heavy (non-hydrogen) atoms. The van der Waals surface area contributed by atoms with E-state index in [4.69, 9.17) is 22.0 Å². The second-order valence-corrected chi connectivity index (χ2v) is 8.76. The number of ether oxygens (including phenoxy) is 1. The topological polar surface area (TPSA) is 99.2 Å². The van der Waals surface area contributed by atoms with Crippen molar-refractivity contribution in [1.29, 1.82) is 0 Å². The Kier molecular flexibility index (Phi) is 4.69. The van der Waals surface area contributed by atoms with Crippen LogP contribution in [0.1, 0.15) is 18.9 Å². The third-order valence-electron chi connectivity index (χ3n) is 6.77. The van der Waals surface area contributed by atoms with Crippen molar-refractivity contribution in [3.63, 3.8) is 0 Å². The fraction of sp³-hybridized carbons (Fsp3) is 0.231. The Balaban J connectivity index is 1.38. The fourth-order valence-corrected chi connectivity index (χ4v) is 5.30. The second-order valence-electron chi connectivity index (χ2n) is 8.76. The standard InChI is InChI=1S/C26H22N6O2/c1-2-22(33)31-14-16-12-20(31)21(13-16)32-26-23(25(27)28-15-29-26)24(30-32)17-8-10-19(11-9-17)34-18-6-4-3-5-7-18/h1,3-11,15-16,20-21H,12-14H2,(H2,27,28,29). The Labute approximate surface area is 196 Å². The lowest BCUT2D eigenvalue weighted by Gasteiger charge is -2.32. The molecule has 0 spiro atoms. The van der Waals surface area contributed by atoms with Crippen LogP contribution in [0.4, 0.5) is 5.82 Å². The number of nitrogen functional groups attached to an aromatic ring is 1. The van der Waals surface area contributed by atoms with Crippen LogP contribution in [0.3, 0.4) is 0 Å². The number of benzene rings is 2. The summed E-state index contributed by atoms with van der Waals surface area (Å²) >= 11 is 0. The van der Waals surface area contributed by atoms with Gasteiger partial charge in [0, 0.05) is 12.1 Å². The molecule has 1 aliphatic heterocycles. The summed E-state index contributed by atoms with van der Waals surface area (Å²) in [6.07, 6.45) is 8.70. The van der Waals surface area contributed by atoms with E-state index in [0.717, 1.165) is 29.9 Å². The Morgan fingerprint density at radius 3 is 2.50 bits per heavy atom. The van der Waals surface area contributed by atoms with Crippen LogP contribution in [0.2, 0.25) is 0 Å². The number of amides is 1. The molecule has 8 nitrogen and oxygen atoms in total. The Bertz CT molecular complexity index is 1420. The number of para-hydroxylation sites is 1. The molecule has 168 valence electrons. The summed E-state index contributed by atoms with van der Waals surface area (Å²) in [5.41, 5.74) is 8.54. The summed E-state index contributed by atoms with van der Waals surface area (Å²) < 4.78 is 7.83. The van der Waals surface area contributed by atoms with Gasteiger partial charge in [-0.05, 0) is 61.1 Å². The van der Waals surface area contributed by atoms with Crippen LogP contribution in [0.5, 0.6) is 11.5 Å². The molecule has 6 rings (SSSR count). The first-order valence-electron chi connectivity index (χ1n) is 11.2. The molecule has 2 N–H and O–H groups in total. The van der Waals surface area contributed by atoms with Gasteiger partial charge in [0.15, 0.2) is 5.65 Å². The third-order valence-corrected chi connectivity index (χ3v) is 6.77. The van der Waals surface area contributed by atoms with Crippen molar-refractivity contribution in [3.05, 3.63) is 60.9 Å². The van der Waals surface area contributed by atoms with E-state index in [9.17, 15) is 4.79 Å². The van der Waals surface area contributed by atoms with Crippen molar-refractivity contribution in [1.82, 2.24) is 24.6 Å². The maximum absolute atomic E-state index is 12.3. The first-order chi connectivity index (χ1) is 16.6. The fourth-order valence-electron chi connectivity index (χ4n) is 5.30. The lowest BCUT2D eigenvalue weighted by Crippen LogP contribution is -2.42. The molecule has 1 saturated heterocycles. The van der Waals surface area contributed by atoms with E-state index in [-0.39, 0.29) is 18.0 Å². The molecule has 2 bridgehead atoms. The number of nitrogens with zero attached hydrogens (tertiary/aromatic N) is 5. The van der Waals surface area contributed by atoms with Crippen LogP contribution >= 0.6 is 0 Å². The molecule has 3 unspecified atom stereocenters. The lowest BCUT2D eigenvalue weighted by atomic mass is 10.1. The molecule has 2 aromatic heterocycles. The van der Waals surface area contributed by atoms with E-state index in [0.29, 0.717) is 35.0 Å². The molecule has 2 aliphatic rings. The zero-order valence-corrected chi connectivity index (χ0v) is 18.3. The Morgan fingerprint density at radius 1 is 1.03 bits per heavy atom. The van der Waals surface area contributed by atoms with Crippen LogP contribution in [-0.2, 0) is 4.79 Å². The molecule has 1 amide bonds. The second kappa shape index (κ2) is 7.89. The first-order valence-corrected chi connectivity index (χ1v) is 11.2. The van der Waals surface area contributed by atoms with Gasteiger partial charge in [0.2, 0.25) is 0 Å². The maximum atomic E-state index is 12.3. The number of fused-ring (bicyclic) bond motifs is 3. The molecule has 3 atom stereocenters. The highest BCUT2D eigenvalue weighted by molar-refractivity contribution is 5.98.